The zero-order chi connectivity index (χ0) is 16.7. The zero-order valence-electron chi connectivity index (χ0n) is 13.5. The number of carbonyl (C=O) groups is 1. The van der Waals surface area contributed by atoms with Crippen LogP contribution in [-0.2, 0) is 4.79 Å². The van der Waals surface area contributed by atoms with Gasteiger partial charge in [0.1, 0.15) is 0 Å². The van der Waals surface area contributed by atoms with Crippen LogP contribution in [0.25, 0.3) is 10.2 Å². The molecule has 4 rings (SSSR count). The molecule has 1 saturated heterocycles. The number of halogens is 1. The van der Waals surface area contributed by atoms with Crippen molar-refractivity contribution in [3.05, 3.63) is 28.2 Å². The summed E-state index contributed by atoms with van der Waals surface area (Å²) in [5.74, 6) is -0.137. The number of aromatic nitrogens is 1. The number of aliphatic carboxylic acids is 1. The van der Waals surface area contributed by atoms with Crippen LogP contribution in [0.2, 0.25) is 5.02 Å². The van der Waals surface area contributed by atoms with Crippen molar-refractivity contribution in [3.8, 4) is 0 Å². The molecule has 1 aliphatic heterocycles. The molecular weight excluding hydrogens is 344 g/mol. The van der Waals surface area contributed by atoms with Crippen LogP contribution >= 0.6 is 22.9 Å². The molecule has 2 fully saturated rings. The molecule has 2 aromatic rings. The van der Waals surface area contributed by atoms with Gasteiger partial charge in [-0.1, -0.05) is 11.6 Å². The van der Waals surface area contributed by atoms with Gasteiger partial charge < -0.3 is 10.0 Å². The maximum absolute atomic E-state index is 11.0. The highest BCUT2D eigenvalue weighted by molar-refractivity contribution is 7.18. The van der Waals surface area contributed by atoms with Crippen molar-refractivity contribution in [2.45, 2.75) is 38.0 Å². The number of benzene rings is 1. The summed E-state index contributed by atoms with van der Waals surface area (Å²) in [6.07, 6.45) is 4.68. The maximum Gasteiger partial charge on any atom is 0.303 e. The van der Waals surface area contributed by atoms with Gasteiger partial charge in [-0.2, -0.15) is 0 Å². The van der Waals surface area contributed by atoms with E-state index in [1.54, 1.807) is 11.3 Å². The quantitative estimate of drug-likeness (QED) is 0.855. The third-order valence-corrected chi connectivity index (χ3v) is 6.78. The summed E-state index contributed by atoms with van der Waals surface area (Å²) >= 11 is 7.83. The van der Waals surface area contributed by atoms with Crippen LogP contribution in [-0.4, -0.2) is 40.6 Å². The summed E-state index contributed by atoms with van der Waals surface area (Å²) in [7, 11) is 0. The van der Waals surface area contributed by atoms with E-state index >= 15 is 0 Å². The van der Waals surface area contributed by atoms with E-state index in [1.165, 1.54) is 9.71 Å². The van der Waals surface area contributed by atoms with Gasteiger partial charge in [0.2, 0.25) is 0 Å². The molecule has 2 aliphatic rings. The van der Waals surface area contributed by atoms with Gasteiger partial charge >= 0.3 is 5.97 Å². The zero-order valence-corrected chi connectivity index (χ0v) is 15.1. The van der Waals surface area contributed by atoms with E-state index in [2.05, 4.69) is 11.0 Å². The first-order chi connectivity index (χ1) is 11.5. The molecule has 1 aliphatic carbocycles. The smallest absolute Gasteiger partial charge is 0.303 e. The van der Waals surface area contributed by atoms with Crippen molar-refractivity contribution < 1.29 is 9.90 Å². The molecule has 0 radical (unpaired) electrons. The number of carboxylic acid groups (broad SMARTS) is 1. The fraction of sp³-hybridized carbons (Fsp3) is 0.556. The van der Waals surface area contributed by atoms with Crippen LogP contribution in [0.3, 0.4) is 0 Å². The maximum atomic E-state index is 11.0. The molecule has 0 bridgehead atoms. The first kappa shape index (κ1) is 16.3. The Hall–Kier alpha value is -1.17. The van der Waals surface area contributed by atoms with Gasteiger partial charge in [0.15, 0.2) is 0 Å². The summed E-state index contributed by atoms with van der Waals surface area (Å²) in [6.45, 7) is 3.03. The summed E-state index contributed by atoms with van der Waals surface area (Å²) < 4.78 is 1.20. The Balaban J connectivity index is 1.38. The fourth-order valence-electron chi connectivity index (χ4n) is 3.79. The highest BCUT2D eigenvalue weighted by atomic mass is 35.5. The molecule has 128 valence electrons. The molecule has 0 atom stereocenters. The second kappa shape index (κ2) is 6.28. The second-order valence-corrected chi connectivity index (χ2v) is 8.78. The lowest BCUT2D eigenvalue weighted by Crippen LogP contribution is -2.37. The molecule has 0 spiro atoms. The van der Waals surface area contributed by atoms with Gasteiger partial charge in [0.25, 0.3) is 0 Å². The molecule has 1 aromatic carbocycles. The average molecular weight is 365 g/mol. The molecule has 0 amide bonds. The van der Waals surface area contributed by atoms with Crippen molar-refractivity contribution in [3.63, 3.8) is 0 Å². The molecule has 24 heavy (non-hydrogen) atoms. The third kappa shape index (κ3) is 3.44. The van der Waals surface area contributed by atoms with Crippen molar-refractivity contribution in [1.82, 2.24) is 9.88 Å². The molecule has 6 heteroatoms. The predicted octanol–water partition coefficient (Wildman–Crippen LogP) is 4.38. The van der Waals surface area contributed by atoms with E-state index in [9.17, 15) is 4.79 Å². The van der Waals surface area contributed by atoms with Gasteiger partial charge in [0, 0.05) is 17.5 Å². The van der Waals surface area contributed by atoms with Gasteiger partial charge in [-0.3, -0.25) is 4.79 Å². The van der Waals surface area contributed by atoms with Gasteiger partial charge in [-0.05, 0) is 62.4 Å². The molecule has 1 N–H and O–H groups in total. The topological polar surface area (TPSA) is 53.4 Å². The summed E-state index contributed by atoms with van der Waals surface area (Å²) in [5, 5.41) is 11.0. The molecular formula is C18H21ClN2O2S. The summed E-state index contributed by atoms with van der Waals surface area (Å²) in [6, 6.07) is 5.91. The number of likely N-dealkylation sites (tertiary alicyclic amines) is 1. The van der Waals surface area contributed by atoms with Gasteiger partial charge in [0.05, 0.1) is 21.6 Å². The van der Waals surface area contributed by atoms with Crippen LogP contribution in [0.5, 0.6) is 0 Å². The number of thiazole rings is 1. The highest BCUT2D eigenvalue weighted by Gasteiger charge is 2.45. The van der Waals surface area contributed by atoms with E-state index in [4.69, 9.17) is 21.7 Å². The van der Waals surface area contributed by atoms with Crippen molar-refractivity contribution in [1.29, 1.82) is 0 Å². The molecule has 1 saturated carbocycles. The predicted molar refractivity (Wildman–Crippen MR) is 97.0 cm³/mol. The number of piperidine rings is 1. The first-order valence-electron chi connectivity index (χ1n) is 8.53. The Morgan fingerprint density at radius 2 is 2.12 bits per heavy atom. The van der Waals surface area contributed by atoms with Gasteiger partial charge in [-0.25, -0.2) is 4.98 Å². The Morgan fingerprint density at radius 3 is 2.79 bits per heavy atom. The minimum absolute atomic E-state index is 0.0608. The Labute approximate surface area is 150 Å². The standard InChI is InChI=1S/C18H21ClN2O2S/c19-13-1-2-15-14(9-13)20-17(24-15)12-3-7-21(8-4-12)11-18(5-6-18)10-16(22)23/h1-2,9,12H,3-8,10-11H2,(H,22,23). The Bertz CT molecular complexity index is 763. The third-order valence-electron chi connectivity index (χ3n) is 5.35. The largest absolute Gasteiger partial charge is 0.481 e. The minimum Gasteiger partial charge on any atom is -0.481 e. The highest BCUT2D eigenvalue weighted by Crippen LogP contribution is 2.50. The summed E-state index contributed by atoms with van der Waals surface area (Å²) in [4.78, 5) is 18.2. The molecule has 4 nitrogen and oxygen atoms in total. The second-order valence-electron chi connectivity index (χ2n) is 7.29. The number of hydrogen-bond acceptors (Lipinski definition) is 4. The number of nitrogens with zero attached hydrogens (tertiary/aromatic N) is 2. The van der Waals surface area contributed by atoms with Crippen LogP contribution in [0.1, 0.15) is 43.0 Å². The molecule has 0 unspecified atom stereocenters. The lowest BCUT2D eigenvalue weighted by atomic mass is 9.95. The number of rotatable bonds is 5. The van der Waals surface area contributed by atoms with Gasteiger partial charge in [-0.15, -0.1) is 11.3 Å². The lowest BCUT2D eigenvalue weighted by Gasteiger charge is -2.33. The normalized spacial score (nSPS) is 21.2. The SMILES string of the molecule is O=C(O)CC1(CN2CCC(c3nc4cc(Cl)ccc4s3)CC2)CC1. The van der Waals surface area contributed by atoms with Crippen molar-refractivity contribution in [2.24, 2.45) is 5.41 Å². The first-order valence-corrected chi connectivity index (χ1v) is 9.73. The minimum atomic E-state index is -0.657. The average Bonchev–Trinajstić information content (AvgIpc) is 3.14. The van der Waals surface area contributed by atoms with E-state index in [-0.39, 0.29) is 5.41 Å². The number of fused-ring (bicyclic) bond motifs is 1. The van der Waals surface area contributed by atoms with E-state index in [0.717, 1.165) is 55.9 Å². The fourth-order valence-corrected chi connectivity index (χ4v) is 5.08. The van der Waals surface area contributed by atoms with Crippen LogP contribution < -0.4 is 0 Å². The lowest BCUT2D eigenvalue weighted by molar-refractivity contribution is -0.138. The van der Waals surface area contributed by atoms with E-state index in [1.807, 2.05) is 12.1 Å². The van der Waals surface area contributed by atoms with E-state index < -0.39 is 5.97 Å². The molecule has 2 heterocycles. The number of hydrogen-bond donors (Lipinski definition) is 1. The summed E-state index contributed by atoms with van der Waals surface area (Å²) in [5.41, 5.74) is 1.06. The van der Waals surface area contributed by atoms with E-state index in [0.29, 0.717) is 12.3 Å². The monoisotopic (exact) mass is 364 g/mol. The number of carboxylic acids is 1. The van der Waals surface area contributed by atoms with Crippen LogP contribution in [0, 0.1) is 5.41 Å². The van der Waals surface area contributed by atoms with Crippen molar-refractivity contribution in [2.75, 3.05) is 19.6 Å². The Kier molecular flexibility index (Phi) is 4.27. The van der Waals surface area contributed by atoms with Crippen LogP contribution in [0.4, 0.5) is 0 Å². The molecule has 1 aromatic heterocycles. The Morgan fingerprint density at radius 1 is 1.38 bits per heavy atom. The van der Waals surface area contributed by atoms with Crippen molar-refractivity contribution >= 4 is 39.1 Å². The van der Waals surface area contributed by atoms with Crippen LogP contribution in [0.15, 0.2) is 18.2 Å².